The number of carbonyl (C=O) groups excluding carboxylic acids is 1. The topological polar surface area (TPSA) is 58.4 Å². The second-order valence-corrected chi connectivity index (χ2v) is 6.51. The maximum absolute atomic E-state index is 12.0. The minimum absolute atomic E-state index is 0.111. The molecule has 1 aromatic rings. The molecule has 1 fully saturated rings. The number of hydrogen-bond donors (Lipinski definition) is 1. The van der Waals surface area contributed by atoms with E-state index < -0.39 is 0 Å². The Morgan fingerprint density at radius 1 is 1.58 bits per heavy atom. The Bertz CT molecular complexity index is 469. The average molecular weight is 299 g/mol. The first kappa shape index (κ1) is 14.3. The van der Waals surface area contributed by atoms with Gasteiger partial charge in [0.15, 0.2) is 5.82 Å². The van der Waals surface area contributed by atoms with Crippen LogP contribution in [-0.4, -0.2) is 38.6 Å². The van der Waals surface area contributed by atoms with E-state index in [1.165, 1.54) is 24.6 Å². The Balaban J connectivity index is 1.83. The normalized spacial score (nSPS) is 16.4. The van der Waals surface area contributed by atoms with Gasteiger partial charge in [0.2, 0.25) is 5.91 Å². The van der Waals surface area contributed by atoms with Gasteiger partial charge in [-0.15, -0.1) is 0 Å². The van der Waals surface area contributed by atoms with E-state index in [-0.39, 0.29) is 11.2 Å². The molecule has 0 saturated carbocycles. The molecule has 1 aliphatic rings. The lowest BCUT2D eigenvalue weighted by atomic mass is 10.4. The second-order valence-electron chi connectivity index (χ2n) is 4.53. The highest BCUT2D eigenvalue weighted by Crippen LogP contribution is 2.21. The SMILES string of the molecule is Cc1cc(NC(=O)C(C)SC(=S)N2CCCC2)no1. The first-order valence-electron chi connectivity index (χ1n) is 6.26. The zero-order valence-corrected chi connectivity index (χ0v) is 12.6. The van der Waals surface area contributed by atoms with E-state index in [1.807, 2.05) is 6.92 Å². The predicted octanol–water partition coefficient (Wildman–Crippen LogP) is 2.42. The molecule has 2 rings (SSSR count). The summed E-state index contributed by atoms with van der Waals surface area (Å²) in [4.78, 5) is 14.1. The van der Waals surface area contributed by atoms with Gasteiger partial charge < -0.3 is 14.7 Å². The van der Waals surface area contributed by atoms with Gasteiger partial charge in [-0.3, -0.25) is 4.79 Å². The molecule has 104 valence electrons. The molecule has 1 amide bonds. The van der Waals surface area contributed by atoms with Gasteiger partial charge in [-0.2, -0.15) is 0 Å². The molecule has 0 aliphatic carbocycles. The molecule has 7 heteroatoms. The maximum atomic E-state index is 12.0. The van der Waals surface area contributed by atoms with E-state index >= 15 is 0 Å². The largest absolute Gasteiger partial charge is 0.360 e. The molecule has 1 N–H and O–H groups in total. The van der Waals surface area contributed by atoms with Gasteiger partial charge in [0.1, 0.15) is 10.1 Å². The average Bonchev–Trinajstić information content (AvgIpc) is 3.00. The van der Waals surface area contributed by atoms with Gasteiger partial charge in [-0.05, 0) is 26.7 Å². The van der Waals surface area contributed by atoms with Crippen molar-refractivity contribution in [3.05, 3.63) is 11.8 Å². The summed E-state index contributed by atoms with van der Waals surface area (Å²) >= 11 is 6.77. The molecule has 1 unspecified atom stereocenters. The van der Waals surface area contributed by atoms with Crippen LogP contribution in [0.3, 0.4) is 0 Å². The summed E-state index contributed by atoms with van der Waals surface area (Å²) in [5.41, 5.74) is 0. The molecule has 1 aromatic heterocycles. The summed E-state index contributed by atoms with van der Waals surface area (Å²) in [6.07, 6.45) is 2.36. The Labute approximate surface area is 122 Å². The highest BCUT2D eigenvalue weighted by molar-refractivity contribution is 8.23. The van der Waals surface area contributed by atoms with Gasteiger partial charge in [-0.1, -0.05) is 29.1 Å². The van der Waals surface area contributed by atoms with Crippen LogP contribution in [0.5, 0.6) is 0 Å². The molecular weight excluding hydrogens is 282 g/mol. The molecule has 0 spiro atoms. The van der Waals surface area contributed by atoms with Crippen LogP contribution < -0.4 is 5.32 Å². The van der Waals surface area contributed by atoms with Gasteiger partial charge in [0.25, 0.3) is 0 Å². The molecule has 1 atom stereocenters. The lowest BCUT2D eigenvalue weighted by Gasteiger charge is -2.20. The minimum atomic E-state index is -0.245. The smallest absolute Gasteiger partial charge is 0.238 e. The van der Waals surface area contributed by atoms with Crippen molar-refractivity contribution in [1.82, 2.24) is 10.1 Å². The van der Waals surface area contributed by atoms with E-state index in [0.29, 0.717) is 11.6 Å². The number of thioether (sulfide) groups is 1. The monoisotopic (exact) mass is 299 g/mol. The van der Waals surface area contributed by atoms with Crippen LogP contribution in [0.15, 0.2) is 10.6 Å². The molecule has 5 nitrogen and oxygen atoms in total. The molecule has 1 saturated heterocycles. The van der Waals surface area contributed by atoms with Crippen LogP contribution in [0.2, 0.25) is 0 Å². The molecule has 1 aliphatic heterocycles. The highest BCUT2D eigenvalue weighted by Gasteiger charge is 2.21. The Morgan fingerprint density at radius 2 is 2.26 bits per heavy atom. The molecule has 19 heavy (non-hydrogen) atoms. The van der Waals surface area contributed by atoms with E-state index in [9.17, 15) is 4.79 Å². The van der Waals surface area contributed by atoms with Gasteiger partial charge >= 0.3 is 0 Å². The van der Waals surface area contributed by atoms with Crippen molar-refractivity contribution in [2.24, 2.45) is 0 Å². The Hall–Kier alpha value is -1.08. The van der Waals surface area contributed by atoms with Crippen molar-refractivity contribution in [1.29, 1.82) is 0 Å². The Morgan fingerprint density at radius 3 is 2.84 bits per heavy atom. The minimum Gasteiger partial charge on any atom is -0.360 e. The van der Waals surface area contributed by atoms with Crippen LogP contribution >= 0.6 is 24.0 Å². The van der Waals surface area contributed by atoms with Crippen molar-refractivity contribution in [3.63, 3.8) is 0 Å². The van der Waals surface area contributed by atoms with Crippen LogP contribution in [0.25, 0.3) is 0 Å². The zero-order valence-electron chi connectivity index (χ0n) is 11.0. The van der Waals surface area contributed by atoms with E-state index in [4.69, 9.17) is 16.7 Å². The summed E-state index contributed by atoms with van der Waals surface area (Å²) in [6.45, 7) is 5.63. The fraction of sp³-hybridized carbons (Fsp3) is 0.583. The van der Waals surface area contributed by atoms with E-state index in [1.54, 1.807) is 13.0 Å². The molecule has 0 aromatic carbocycles. The van der Waals surface area contributed by atoms with Crippen molar-refractivity contribution < 1.29 is 9.32 Å². The first-order chi connectivity index (χ1) is 9.06. The predicted molar refractivity (Wildman–Crippen MR) is 80.3 cm³/mol. The lowest BCUT2D eigenvalue weighted by molar-refractivity contribution is -0.115. The first-order valence-corrected chi connectivity index (χ1v) is 7.55. The maximum Gasteiger partial charge on any atom is 0.238 e. The van der Waals surface area contributed by atoms with Crippen LogP contribution in [0.4, 0.5) is 5.82 Å². The van der Waals surface area contributed by atoms with Crippen molar-refractivity contribution >= 4 is 40.0 Å². The van der Waals surface area contributed by atoms with Gasteiger partial charge in [0, 0.05) is 19.2 Å². The van der Waals surface area contributed by atoms with Crippen LogP contribution in [0, 0.1) is 6.92 Å². The lowest BCUT2D eigenvalue weighted by Crippen LogP contribution is -2.29. The fourth-order valence-corrected chi connectivity index (χ4v) is 3.25. The molecule has 0 radical (unpaired) electrons. The van der Waals surface area contributed by atoms with Crippen molar-refractivity contribution in [3.8, 4) is 0 Å². The summed E-state index contributed by atoms with van der Waals surface area (Å²) in [5.74, 6) is 1.00. The molecular formula is C12H17N3O2S2. The summed E-state index contributed by atoms with van der Waals surface area (Å²) in [5, 5.41) is 6.21. The molecule has 2 heterocycles. The highest BCUT2D eigenvalue weighted by atomic mass is 32.2. The number of carbonyl (C=O) groups is 1. The number of nitrogens with zero attached hydrogens (tertiary/aromatic N) is 2. The second kappa shape index (κ2) is 6.38. The number of amides is 1. The van der Waals surface area contributed by atoms with Crippen molar-refractivity contribution in [2.75, 3.05) is 18.4 Å². The number of aromatic nitrogens is 1. The number of likely N-dealkylation sites (tertiary alicyclic amines) is 1. The molecule has 0 bridgehead atoms. The Kier molecular flexibility index (Phi) is 4.81. The third kappa shape index (κ3) is 3.94. The summed E-state index contributed by atoms with van der Waals surface area (Å²) in [7, 11) is 0. The zero-order chi connectivity index (χ0) is 13.8. The van der Waals surface area contributed by atoms with Crippen LogP contribution in [0.1, 0.15) is 25.5 Å². The quantitative estimate of drug-likeness (QED) is 0.865. The van der Waals surface area contributed by atoms with Gasteiger partial charge in [0.05, 0.1) is 5.25 Å². The number of anilines is 1. The number of rotatable bonds is 3. The standard InChI is InChI=1S/C12H17N3O2S2/c1-8-7-10(14-17-8)13-11(16)9(2)19-12(18)15-5-3-4-6-15/h7,9H,3-6H2,1-2H3,(H,13,14,16). The number of aryl methyl sites for hydroxylation is 1. The van der Waals surface area contributed by atoms with Crippen LogP contribution in [-0.2, 0) is 4.79 Å². The summed E-state index contributed by atoms with van der Waals surface area (Å²) < 4.78 is 5.70. The number of hydrogen-bond acceptors (Lipinski definition) is 5. The fourth-order valence-electron chi connectivity index (χ4n) is 1.83. The van der Waals surface area contributed by atoms with Crippen molar-refractivity contribution in [2.45, 2.75) is 31.9 Å². The summed E-state index contributed by atoms with van der Waals surface area (Å²) in [6, 6.07) is 1.69. The number of nitrogens with one attached hydrogen (secondary N) is 1. The van der Waals surface area contributed by atoms with E-state index in [2.05, 4.69) is 15.4 Å². The third-order valence-electron chi connectivity index (χ3n) is 2.89. The third-order valence-corrected chi connectivity index (χ3v) is 4.46. The number of thiocarbonyl (C=S) groups is 1. The van der Waals surface area contributed by atoms with E-state index in [0.717, 1.165) is 17.4 Å². The van der Waals surface area contributed by atoms with Gasteiger partial charge in [-0.25, -0.2) is 0 Å².